The van der Waals surface area contributed by atoms with Crippen molar-refractivity contribution < 1.29 is 9.53 Å². The lowest BCUT2D eigenvalue weighted by atomic mass is 9.82. The molecule has 1 heterocycles. The zero-order valence-electron chi connectivity index (χ0n) is 16.8. The fraction of sp³-hybridized carbons (Fsp3) is 0.636. The van der Waals surface area contributed by atoms with Gasteiger partial charge in [0.1, 0.15) is 0 Å². The third kappa shape index (κ3) is 5.03. The number of benzene rings is 1. The summed E-state index contributed by atoms with van der Waals surface area (Å²) in [4.78, 5) is 14.2. The molecular formula is C22H32N4O2. The zero-order chi connectivity index (χ0) is 19.9. The van der Waals surface area contributed by atoms with E-state index in [4.69, 9.17) is 15.7 Å². The quantitative estimate of drug-likeness (QED) is 0.816. The van der Waals surface area contributed by atoms with Crippen LogP contribution in [-0.4, -0.2) is 48.8 Å². The number of carbonyl (C=O) groups is 1. The van der Waals surface area contributed by atoms with E-state index in [2.05, 4.69) is 17.5 Å². The van der Waals surface area contributed by atoms with Crippen LogP contribution in [0.1, 0.15) is 62.5 Å². The summed E-state index contributed by atoms with van der Waals surface area (Å²) >= 11 is 0. The molecule has 0 radical (unpaired) electrons. The molecule has 1 aromatic carbocycles. The van der Waals surface area contributed by atoms with Gasteiger partial charge in [0.25, 0.3) is 0 Å². The number of nitrogens with two attached hydrogens (primary N) is 1. The molecule has 6 nitrogen and oxygen atoms in total. The first-order valence-corrected chi connectivity index (χ1v) is 10.5. The standard InChI is InChI=1S/C22H32N4O2/c1-2-25-22(27)26-12-4-7-20(24)21(26)15-28-19-10-8-17(9-11-19)18-6-3-5-16(13-18)14-23/h3,5-6,13,17,19-21H,2,4,7-12,15,24H2,1H3,(H,25,27)/t17?,19?,20-,21-/m0/s1. The number of rotatable bonds is 5. The largest absolute Gasteiger partial charge is 0.376 e. The van der Waals surface area contributed by atoms with Crippen LogP contribution < -0.4 is 11.1 Å². The first-order valence-electron chi connectivity index (χ1n) is 10.5. The van der Waals surface area contributed by atoms with Crippen LogP contribution >= 0.6 is 0 Å². The molecule has 1 aliphatic heterocycles. The lowest BCUT2D eigenvalue weighted by molar-refractivity contribution is -0.0158. The van der Waals surface area contributed by atoms with E-state index >= 15 is 0 Å². The number of urea groups is 1. The molecule has 2 atom stereocenters. The van der Waals surface area contributed by atoms with Gasteiger partial charge in [0, 0.05) is 19.1 Å². The van der Waals surface area contributed by atoms with E-state index in [0.29, 0.717) is 19.1 Å². The Kier molecular flexibility index (Phi) is 7.30. The second kappa shape index (κ2) is 9.90. The molecular weight excluding hydrogens is 352 g/mol. The van der Waals surface area contributed by atoms with Crippen LogP contribution in [0.5, 0.6) is 0 Å². The summed E-state index contributed by atoms with van der Waals surface area (Å²) < 4.78 is 6.23. The highest BCUT2D eigenvalue weighted by Gasteiger charge is 2.33. The number of ether oxygens (including phenoxy) is 1. The Morgan fingerprint density at radius 3 is 2.82 bits per heavy atom. The van der Waals surface area contributed by atoms with Crippen molar-refractivity contribution in [2.24, 2.45) is 5.73 Å². The van der Waals surface area contributed by atoms with Gasteiger partial charge in [-0.3, -0.25) is 0 Å². The highest BCUT2D eigenvalue weighted by Crippen LogP contribution is 2.34. The van der Waals surface area contributed by atoms with Crippen LogP contribution in [0.15, 0.2) is 24.3 Å². The average molecular weight is 385 g/mol. The molecule has 6 heteroatoms. The SMILES string of the molecule is CCNC(=O)N1CCC[C@H](N)[C@@H]1COC1CCC(c2cccc(C#N)c2)CC1. The van der Waals surface area contributed by atoms with Crippen molar-refractivity contribution in [3.05, 3.63) is 35.4 Å². The fourth-order valence-electron chi connectivity index (χ4n) is 4.46. The molecule has 1 saturated heterocycles. The monoisotopic (exact) mass is 384 g/mol. The van der Waals surface area contributed by atoms with Crippen molar-refractivity contribution in [3.8, 4) is 6.07 Å². The van der Waals surface area contributed by atoms with Gasteiger partial charge in [0.05, 0.1) is 30.4 Å². The van der Waals surface area contributed by atoms with Crippen LogP contribution in [0.3, 0.4) is 0 Å². The number of carbonyl (C=O) groups excluding carboxylic acids is 1. The van der Waals surface area contributed by atoms with Crippen molar-refractivity contribution in [2.75, 3.05) is 19.7 Å². The van der Waals surface area contributed by atoms with E-state index in [1.54, 1.807) is 0 Å². The van der Waals surface area contributed by atoms with E-state index in [0.717, 1.165) is 50.6 Å². The Morgan fingerprint density at radius 1 is 1.32 bits per heavy atom. The van der Waals surface area contributed by atoms with Crippen molar-refractivity contribution in [1.29, 1.82) is 5.26 Å². The smallest absolute Gasteiger partial charge is 0.317 e. The van der Waals surface area contributed by atoms with Crippen molar-refractivity contribution >= 4 is 6.03 Å². The van der Waals surface area contributed by atoms with Gasteiger partial charge in [-0.05, 0) is 69.1 Å². The third-order valence-corrected chi connectivity index (χ3v) is 6.08. The fourth-order valence-corrected chi connectivity index (χ4v) is 4.46. The summed E-state index contributed by atoms with van der Waals surface area (Å²) in [5, 5.41) is 12.0. The summed E-state index contributed by atoms with van der Waals surface area (Å²) in [6, 6.07) is 10.1. The predicted molar refractivity (Wildman–Crippen MR) is 109 cm³/mol. The first-order chi connectivity index (χ1) is 13.6. The number of likely N-dealkylation sites (tertiary alicyclic amines) is 1. The summed E-state index contributed by atoms with van der Waals surface area (Å²) in [6.07, 6.45) is 6.25. The van der Waals surface area contributed by atoms with E-state index in [-0.39, 0.29) is 24.2 Å². The topological polar surface area (TPSA) is 91.4 Å². The van der Waals surface area contributed by atoms with Gasteiger partial charge < -0.3 is 20.7 Å². The number of piperidine rings is 1. The zero-order valence-corrected chi connectivity index (χ0v) is 16.8. The van der Waals surface area contributed by atoms with E-state index in [1.807, 2.05) is 30.0 Å². The van der Waals surface area contributed by atoms with Crippen LogP contribution in [0, 0.1) is 11.3 Å². The Hall–Kier alpha value is -2.10. The third-order valence-electron chi connectivity index (χ3n) is 6.08. The molecule has 0 unspecified atom stereocenters. The lowest BCUT2D eigenvalue weighted by Gasteiger charge is -2.40. The minimum absolute atomic E-state index is 0.0265. The van der Waals surface area contributed by atoms with Gasteiger partial charge in [-0.25, -0.2) is 4.79 Å². The van der Waals surface area contributed by atoms with Gasteiger partial charge in [0.2, 0.25) is 0 Å². The molecule has 0 aromatic heterocycles. The van der Waals surface area contributed by atoms with Crippen LogP contribution in [0.4, 0.5) is 4.79 Å². The number of nitrogens with zero attached hydrogens (tertiary/aromatic N) is 2. The molecule has 3 rings (SSSR count). The van der Waals surface area contributed by atoms with Crippen molar-refractivity contribution in [1.82, 2.24) is 10.2 Å². The maximum atomic E-state index is 12.3. The molecule has 28 heavy (non-hydrogen) atoms. The maximum Gasteiger partial charge on any atom is 0.317 e. The van der Waals surface area contributed by atoms with Gasteiger partial charge in [-0.1, -0.05) is 12.1 Å². The highest BCUT2D eigenvalue weighted by atomic mass is 16.5. The number of nitrogens with one attached hydrogen (secondary N) is 1. The number of amides is 2. The molecule has 2 amide bonds. The van der Waals surface area contributed by atoms with Gasteiger partial charge in [-0.2, -0.15) is 5.26 Å². The minimum atomic E-state index is -0.0506. The second-order valence-electron chi connectivity index (χ2n) is 7.95. The predicted octanol–water partition coefficient (Wildman–Crippen LogP) is 3.12. The molecule has 1 aliphatic carbocycles. The van der Waals surface area contributed by atoms with Crippen LogP contribution in [0.2, 0.25) is 0 Å². The van der Waals surface area contributed by atoms with E-state index in [1.165, 1.54) is 5.56 Å². The Labute approximate surface area is 168 Å². The molecule has 0 bridgehead atoms. The van der Waals surface area contributed by atoms with E-state index in [9.17, 15) is 4.79 Å². The molecule has 1 saturated carbocycles. The summed E-state index contributed by atoms with van der Waals surface area (Å²) in [7, 11) is 0. The average Bonchev–Trinajstić information content (AvgIpc) is 2.73. The van der Waals surface area contributed by atoms with Gasteiger partial charge in [-0.15, -0.1) is 0 Å². The highest BCUT2D eigenvalue weighted by molar-refractivity contribution is 5.74. The Balaban J connectivity index is 1.51. The Morgan fingerprint density at radius 2 is 2.11 bits per heavy atom. The maximum absolute atomic E-state index is 12.3. The Bertz CT molecular complexity index is 694. The summed E-state index contributed by atoms with van der Waals surface area (Å²) in [5.74, 6) is 0.497. The molecule has 152 valence electrons. The normalized spacial score (nSPS) is 27.8. The van der Waals surface area contributed by atoms with Crippen LogP contribution in [0.25, 0.3) is 0 Å². The molecule has 1 aromatic rings. The number of hydrogen-bond donors (Lipinski definition) is 2. The van der Waals surface area contributed by atoms with E-state index < -0.39 is 0 Å². The van der Waals surface area contributed by atoms with Gasteiger partial charge >= 0.3 is 6.03 Å². The van der Waals surface area contributed by atoms with Gasteiger partial charge in [0.15, 0.2) is 0 Å². The molecule has 3 N–H and O–H groups in total. The number of hydrogen-bond acceptors (Lipinski definition) is 4. The second-order valence-corrected chi connectivity index (χ2v) is 7.95. The first kappa shape index (κ1) is 20.6. The summed E-state index contributed by atoms with van der Waals surface area (Å²) in [6.45, 7) is 3.81. The lowest BCUT2D eigenvalue weighted by Crippen LogP contribution is -2.58. The molecule has 2 aliphatic rings. The van der Waals surface area contributed by atoms with Crippen LogP contribution in [-0.2, 0) is 4.74 Å². The van der Waals surface area contributed by atoms with Crippen molar-refractivity contribution in [3.63, 3.8) is 0 Å². The molecule has 0 spiro atoms. The number of nitriles is 1. The minimum Gasteiger partial charge on any atom is -0.376 e. The summed E-state index contributed by atoms with van der Waals surface area (Å²) in [5.41, 5.74) is 8.30. The van der Waals surface area contributed by atoms with Crippen molar-refractivity contribution in [2.45, 2.75) is 69.6 Å². The molecule has 2 fully saturated rings.